The minimum atomic E-state index is -0.389. The number of pyridine rings is 1. The molecule has 17 heavy (non-hydrogen) atoms. The van der Waals surface area contributed by atoms with Crippen LogP contribution in [0.25, 0.3) is 11.3 Å². The van der Waals surface area contributed by atoms with Gasteiger partial charge >= 0.3 is 0 Å². The van der Waals surface area contributed by atoms with Gasteiger partial charge < -0.3 is 10.7 Å². The zero-order chi connectivity index (χ0) is 12.3. The molecule has 0 radical (unpaired) electrons. The zero-order valence-electron chi connectivity index (χ0n) is 10.3. The van der Waals surface area contributed by atoms with Gasteiger partial charge in [0.15, 0.2) is 0 Å². The summed E-state index contributed by atoms with van der Waals surface area (Å²) in [5.74, 6) is 0.839. The number of nitrogens with zero attached hydrogens (tertiary/aromatic N) is 2. The molecule has 1 unspecified atom stereocenters. The Labute approximate surface area is 101 Å². The summed E-state index contributed by atoms with van der Waals surface area (Å²) >= 11 is 0. The van der Waals surface area contributed by atoms with Crippen molar-refractivity contribution in [1.29, 1.82) is 0 Å². The Morgan fingerprint density at radius 1 is 1.35 bits per heavy atom. The lowest BCUT2D eigenvalue weighted by molar-refractivity contribution is 0.423. The van der Waals surface area contributed by atoms with Crippen molar-refractivity contribution >= 4 is 0 Å². The molecule has 4 heteroatoms. The van der Waals surface area contributed by atoms with E-state index in [9.17, 15) is 0 Å². The highest BCUT2D eigenvalue weighted by Gasteiger charge is 2.23. The summed E-state index contributed by atoms with van der Waals surface area (Å²) in [5, 5.41) is 0. The molecule has 0 aromatic carbocycles. The van der Waals surface area contributed by atoms with E-state index in [-0.39, 0.29) is 5.54 Å². The second-order valence-corrected chi connectivity index (χ2v) is 4.55. The first-order valence-corrected chi connectivity index (χ1v) is 5.88. The molecule has 1 atom stereocenters. The molecule has 2 rings (SSSR count). The average molecular weight is 230 g/mol. The van der Waals surface area contributed by atoms with Gasteiger partial charge in [0.05, 0.1) is 17.4 Å². The van der Waals surface area contributed by atoms with E-state index in [0.29, 0.717) is 0 Å². The Hall–Kier alpha value is -1.68. The SMILES string of the molecule is CCCC(C)(N)c1ncc(-c2ccncc2)[nH]1. The molecular weight excluding hydrogens is 212 g/mol. The van der Waals surface area contributed by atoms with Crippen molar-refractivity contribution in [3.05, 3.63) is 36.5 Å². The largest absolute Gasteiger partial charge is 0.340 e. The van der Waals surface area contributed by atoms with E-state index in [4.69, 9.17) is 5.73 Å². The summed E-state index contributed by atoms with van der Waals surface area (Å²) in [5.41, 5.74) is 7.90. The number of aromatic nitrogens is 3. The van der Waals surface area contributed by atoms with Crippen LogP contribution in [-0.2, 0) is 5.54 Å². The lowest BCUT2D eigenvalue weighted by atomic mass is 9.97. The number of hydrogen-bond donors (Lipinski definition) is 2. The molecule has 4 nitrogen and oxygen atoms in total. The van der Waals surface area contributed by atoms with E-state index in [2.05, 4.69) is 21.9 Å². The van der Waals surface area contributed by atoms with Crippen LogP contribution in [0.4, 0.5) is 0 Å². The summed E-state index contributed by atoms with van der Waals surface area (Å²) < 4.78 is 0. The summed E-state index contributed by atoms with van der Waals surface area (Å²) in [6, 6.07) is 3.90. The highest BCUT2D eigenvalue weighted by atomic mass is 15.0. The van der Waals surface area contributed by atoms with E-state index < -0.39 is 0 Å². The molecule has 0 bridgehead atoms. The van der Waals surface area contributed by atoms with Crippen molar-refractivity contribution < 1.29 is 0 Å². The normalized spacial score (nSPS) is 14.5. The Balaban J connectivity index is 2.28. The molecule has 90 valence electrons. The van der Waals surface area contributed by atoms with E-state index in [1.807, 2.05) is 25.3 Å². The topological polar surface area (TPSA) is 67.6 Å². The third kappa shape index (κ3) is 2.53. The third-order valence-corrected chi connectivity index (χ3v) is 2.88. The molecule has 0 amide bonds. The van der Waals surface area contributed by atoms with Gasteiger partial charge in [-0.3, -0.25) is 4.98 Å². The van der Waals surface area contributed by atoms with Gasteiger partial charge in [0, 0.05) is 18.0 Å². The van der Waals surface area contributed by atoms with Crippen LogP contribution in [-0.4, -0.2) is 15.0 Å². The van der Waals surface area contributed by atoms with E-state index >= 15 is 0 Å². The predicted molar refractivity (Wildman–Crippen MR) is 68.3 cm³/mol. The number of nitrogens with one attached hydrogen (secondary N) is 1. The van der Waals surface area contributed by atoms with Crippen LogP contribution in [0, 0.1) is 0 Å². The second kappa shape index (κ2) is 4.67. The molecule has 0 saturated heterocycles. The molecule has 2 aromatic rings. The van der Waals surface area contributed by atoms with Gasteiger partial charge in [0.25, 0.3) is 0 Å². The average Bonchev–Trinajstić information content (AvgIpc) is 2.80. The van der Waals surface area contributed by atoms with Crippen LogP contribution < -0.4 is 5.73 Å². The molecule has 3 N–H and O–H groups in total. The smallest absolute Gasteiger partial charge is 0.126 e. The van der Waals surface area contributed by atoms with Crippen molar-refractivity contribution in [3.63, 3.8) is 0 Å². The number of nitrogens with two attached hydrogens (primary N) is 1. The maximum Gasteiger partial charge on any atom is 0.126 e. The quantitative estimate of drug-likeness (QED) is 0.847. The van der Waals surface area contributed by atoms with Crippen molar-refractivity contribution in [2.45, 2.75) is 32.2 Å². The minimum Gasteiger partial charge on any atom is -0.340 e. The first-order chi connectivity index (χ1) is 8.13. The monoisotopic (exact) mass is 230 g/mol. The lowest BCUT2D eigenvalue weighted by Gasteiger charge is -2.21. The summed E-state index contributed by atoms with van der Waals surface area (Å²) in [6.07, 6.45) is 7.31. The molecule has 2 aromatic heterocycles. The van der Waals surface area contributed by atoms with Gasteiger partial charge in [-0.05, 0) is 25.5 Å². The Kier molecular flexibility index (Phi) is 3.24. The standard InChI is InChI=1S/C13H18N4/c1-3-6-13(2,14)12-16-9-11(17-12)10-4-7-15-8-5-10/h4-5,7-9H,3,6,14H2,1-2H3,(H,16,17). The van der Waals surface area contributed by atoms with Crippen molar-refractivity contribution in [3.8, 4) is 11.3 Å². The molecule has 0 spiro atoms. The van der Waals surface area contributed by atoms with Crippen LogP contribution in [0.15, 0.2) is 30.7 Å². The van der Waals surface area contributed by atoms with Gasteiger partial charge in [-0.25, -0.2) is 4.98 Å². The minimum absolute atomic E-state index is 0.389. The molecule has 0 aliphatic carbocycles. The molecule has 0 aliphatic heterocycles. The second-order valence-electron chi connectivity index (χ2n) is 4.55. The first-order valence-electron chi connectivity index (χ1n) is 5.88. The fraction of sp³-hybridized carbons (Fsp3) is 0.385. The zero-order valence-corrected chi connectivity index (χ0v) is 10.3. The summed E-state index contributed by atoms with van der Waals surface area (Å²) in [6.45, 7) is 4.13. The third-order valence-electron chi connectivity index (χ3n) is 2.88. The number of aromatic amines is 1. The van der Waals surface area contributed by atoms with E-state index in [1.54, 1.807) is 12.4 Å². The van der Waals surface area contributed by atoms with Crippen LogP contribution in [0.2, 0.25) is 0 Å². The predicted octanol–water partition coefficient (Wildman–Crippen LogP) is 2.45. The summed E-state index contributed by atoms with van der Waals surface area (Å²) in [4.78, 5) is 11.7. The Bertz CT molecular complexity index is 473. The molecule has 0 saturated carbocycles. The molecular formula is C13H18N4. The fourth-order valence-corrected chi connectivity index (χ4v) is 1.93. The van der Waals surface area contributed by atoms with Gasteiger partial charge in [0.2, 0.25) is 0 Å². The fourth-order valence-electron chi connectivity index (χ4n) is 1.93. The van der Waals surface area contributed by atoms with Crippen LogP contribution in [0.5, 0.6) is 0 Å². The van der Waals surface area contributed by atoms with Crippen LogP contribution >= 0.6 is 0 Å². The lowest BCUT2D eigenvalue weighted by Crippen LogP contribution is -2.34. The number of imidazole rings is 1. The molecule has 2 heterocycles. The van der Waals surface area contributed by atoms with Crippen molar-refractivity contribution in [2.75, 3.05) is 0 Å². The molecule has 0 aliphatic rings. The van der Waals surface area contributed by atoms with Gasteiger partial charge in [-0.2, -0.15) is 0 Å². The highest BCUT2D eigenvalue weighted by Crippen LogP contribution is 2.23. The van der Waals surface area contributed by atoms with Crippen LogP contribution in [0.1, 0.15) is 32.5 Å². The van der Waals surface area contributed by atoms with Gasteiger partial charge in [-0.15, -0.1) is 0 Å². The number of hydrogen-bond acceptors (Lipinski definition) is 3. The van der Waals surface area contributed by atoms with E-state index in [1.165, 1.54) is 0 Å². The van der Waals surface area contributed by atoms with Crippen molar-refractivity contribution in [2.24, 2.45) is 5.73 Å². The van der Waals surface area contributed by atoms with E-state index in [0.717, 1.165) is 29.9 Å². The maximum absolute atomic E-state index is 6.23. The number of rotatable bonds is 4. The summed E-state index contributed by atoms with van der Waals surface area (Å²) in [7, 11) is 0. The Morgan fingerprint density at radius 3 is 2.71 bits per heavy atom. The maximum atomic E-state index is 6.23. The highest BCUT2D eigenvalue weighted by molar-refractivity contribution is 5.57. The Morgan fingerprint density at radius 2 is 2.06 bits per heavy atom. The van der Waals surface area contributed by atoms with Gasteiger partial charge in [-0.1, -0.05) is 13.3 Å². The van der Waals surface area contributed by atoms with Crippen molar-refractivity contribution in [1.82, 2.24) is 15.0 Å². The first kappa shape index (κ1) is 11.8. The van der Waals surface area contributed by atoms with Crippen LogP contribution in [0.3, 0.4) is 0 Å². The number of H-pyrrole nitrogens is 1. The molecule has 0 fully saturated rings. The van der Waals surface area contributed by atoms with Gasteiger partial charge in [0.1, 0.15) is 5.82 Å².